The minimum atomic E-state index is -0.974. The lowest BCUT2D eigenvalue weighted by molar-refractivity contribution is -0.126. The van der Waals surface area contributed by atoms with Crippen molar-refractivity contribution in [1.29, 1.82) is 0 Å². The predicted molar refractivity (Wildman–Crippen MR) is 62.7 cm³/mol. The first kappa shape index (κ1) is 13.0. The van der Waals surface area contributed by atoms with Crippen LogP contribution >= 0.6 is 0 Å². The molecule has 0 radical (unpaired) electrons. The molecule has 100 valence electrons. The van der Waals surface area contributed by atoms with Crippen LogP contribution in [-0.2, 0) is 9.53 Å². The van der Waals surface area contributed by atoms with Crippen LogP contribution < -0.4 is 5.32 Å². The van der Waals surface area contributed by atoms with Gasteiger partial charge in [-0.15, -0.1) is 0 Å². The average molecular weight is 254 g/mol. The van der Waals surface area contributed by atoms with Crippen molar-refractivity contribution in [1.82, 2.24) is 20.1 Å². The first-order valence-electron chi connectivity index (χ1n) is 5.99. The minimum absolute atomic E-state index is 0.187. The second-order valence-electron chi connectivity index (χ2n) is 4.64. The van der Waals surface area contributed by atoms with Gasteiger partial charge in [0.05, 0.1) is 6.10 Å². The van der Waals surface area contributed by atoms with Gasteiger partial charge in [-0.3, -0.25) is 4.79 Å². The molecular weight excluding hydrogens is 236 g/mol. The van der Waals surface area contributed by atoms with Gasteiger partial charge in [-0.25, -0.2) is 9.67 Å². The lowest BCUT2D eigenvalue weighted by Gasteiger charge is -2.26. The molecule has 18 heavy (non-hydrogen) atoms. The number of aliphatic hydroxyl groups is 1. The van der Waals surface area contributed by atoms with Crippen molar-refractivity contribution in [3.05, 3.63) is 12.7 Å². The van der Waals surface area contributed by atoms with Gasteiger partial charge in [-0.05, 0) is 13.8 Å². The van der Waals surface area contributed by atoms with Crippen LogP contribution in [0.5, 0.6) is 0 Å². The van der Waals surface area contributed by atoms with Crippen LogP contribution in [0.25, 0.3) is 0 Å². The maximum atomic E-state index is 11.9. The first-order chi connectivity index (χ1) is 8.53. The highest BCUT2D eigenvalue weighted by molar-refractivity contribution is 5.79. The summed E-state index contributed by atoms with van der Waals surface area (Å²) in [4.78, 5) is 15.7. The molecule has 3 atom stereocenters. The minimum Gasteiger partial charge on any atom is -0.385 e. The van der Waals surface area contributed by atoms with E-state index in [-0.39, 0.29) is 18.6 Å². The molecule has 7 heteroatoms. The van der Waals surface area contributed by atoms with Crippen molar-refractivity contribution in [2.45, 2.75) is 38.0 Å². The van der Waals surface area contributed by atoms with Crippen molar-refractivity contribution in [2.24, 2.45) is 0 Å². The summed E-state index contributed by atoms with van der Waals surface area (Å²) >= 11 is 0. The number of carbonyl (C=O) groups is 1. The lowest BCUT2D eigenvalue weighted by Crippen LogP contribution is -2.48. The van der Waals surface area contributed by atoms with Crippen LogP contribution in [0.2, 0.25) is 0 Å². The Hall–Kier alpha value is -1.47. The summed E-state index contributed by atoms with van der Waals surface area (Å²) in [7, 11) is 0. The Bertz CT molecular complexity index is 408. The third-order valence-electron chi connectivity index (χ3n) is 3.44. The Balaban J connectivity index is 1.89. The van der Waals surface area contributed by atoms with E-state index in [1.54, 1.807) is 13.8 Å². The highest BCUT2D eigenvalue weighted by atomic mass is 16.5. The van der Waals surface area contributed by atoms with E-state index in [4.69, 9.17) is 4.74 Å². The number of carbonyl (C=O) groups excluding carboxylic acids is 1. The van der Waals surface area contributed by atoms with Crippen LogP contribution in [0.4, 0.5) is 0 Å². The number of amides is 1. The number of hydrogen-bond acceptors (Lipinski definition) is 5. The standard InChI is InChI=1S/C11H18N4O3/c1-8(15-7-12-6-14-15)10(16)13-5-11(17)3-4-18-9(11)2/h6-9,17H,3-5H2,1-2H3,(H,13,16). The summed E-state index contributed by atoms with van der Waals surface area (Å²) in [6.45, 7) is 4.24. The fraction of sp³-hybridized carbons (Fsp3) is 0.727. The van der Waals surface area contributed by atoms with Crippen molar-refractivity contribution < 1.29 is 14.6 Å². The van der Waals surface area contributed by atoms with Gasteiger partial charge in [-0.2, -0.15) is 5.10 Å². The van der Waals surface area contributed by atoms with Crippen LogP contribution in [0, 0.1) is 0 Å². The van der Waals surface area contributed by atoms with Gasteiger partial charge in [0.25, 0.3) is 0 Å². The Morgan fingerprint density at radius 2 is 2.56 bits per heavy atom. The van der Waals surface area contributed by atoms with Gasteiger partial charge in [0.1, 0.15) is 24.3 Å². The molecule has 1 fully saturated rings. The van der Waals surface area contributed by atoms with E-state index < -0.39 is 11.6 Å². The summed E-state index contributed by atoms with van der Waals surface area (Å²) < 4.78 is 6.77. The Kier molecular flexibility index (Phi) is 3.63. The van der Waals surface area contributed by atoms with E-state index in [2.05, 4.69) is 15.4 Å². The number of aromatic nitrogens is 3. The quantitative estimate of drug-likeness (QED) is 0.755. The largest absolute Gasteiger partial charge is 0.385 e. The van der Waals surface area contributed by atoms with Crippen molar-refractivity contribution in [3.8, 4) is 0 Å². The molecule has 2 heterocycles. The highest BCUT2D eigenvalue weighted by Crippen LogP contribution is 2.24. The summed E-state index contributed by atoms with van der Waals surface area (Å²) in [6, 6.07) is -0.450. The molecule has 0 saturated carbocycles. The summed E-state index contributed by atoms with van der Waals surface area (Å²) in [5.74, 6) is -0.201. The maximum Gasteiger partial charge on any atom is 0.244 e. The number of hydrogen-bond donors (Lipinski definition) is 2. The molecule has 0 aromatic carbocycles. The zero-order valence-electron chi connectivity index (χ0n) is 10.5. The molecule has 0 aliphatic carbocycles. The van der Waals surface area contributed by atoms with Crippen LogP contribution in [0.15, 0.2) is 12.7 Å². The topological polar surface area (TPSA) is 89.3 Å². The molecule has 0 bridgehead atoms. The van der Waals surface area contributed by atoms with Crippen molar-refractivity contribution in [2.75, 3.05) is 13.2 Å². The molecule has 1 aliphatic heterocycles. The van der Waals surface area contributed by atoms with E-state index in [1.165, 1.54) is 17.3 Å². The number of nitrogens with one attached hydrogen (secondary N) is 1. The molecule has 2 rings (SSSR count). The SMILES string of the molecule is CC(C(=O)NCC1(O)CCOC1C)n1cncn1. The van der Waals surface area contributed by atoms with Crippen LogP contribution in [0.3, 0.4) is 0 Å². The molecular formula is C11H18N4O3. The predicted octanol–water partition coefficient (Wildman–Crippen LogP) is -0.505. The van der Waals surface area contributed by atoms with Crippen LogP contribution in [0.1, 0.15) is 26.3 Å². The molecule has 3 unspecified atom stereocenters. The second-order valence-corrected chi connectivity index (χ2v) is 4.64. The summed E-state index contributed by atoms with van der Waals surface area (Å²) in [5.41, 5.74) is -0.974. The molecule has 1 saturated heterocycles. The average Bonchev–Trinajstić information content (AvgIpc) is 2.97. The van der Waals surface area contributed by atoms with E-state index in [9.17, 15) is 9.90 Å². The Labute approximate surface area is 105 Å². The second kappa shape index (κ2) is 5.03. The van der Waals surface area contributed by atoms with Crippen molar-refractivity contribution >= 4 is 5.91 Å². The van der Waals surface area contributed by atoms with E-state index in [0.29, 0.717) is 13.0 Å². The van der Waals surface area contributed by atoms with Gasteiger partial charge < -0.3 is 15.2 Å². The van der Waals surface area contributed by atoms with E-state index in [0.717, 1.165) is 0 Å². The fourth-order valence-corrected chi connectivity index (χ4v) is 1.93. The molecule has 1 aromatic heterocycles. The van der Waals surface area contributed by atoms with E-state index >= 15 is 0 Å². The number of ether oxygens (including phenoxy) is 1. The molecule has 0 spiro atoms. The normalized spacial score (nSPS) is 29.2. The lowest BCUT2D eigenvalue weighted by atomic mass is 9.96. The molecule has 2 N–H and O–H groups in total. The third-order valence-corrected chi connectivity index (χ3v) is 3.44. The maximum absolute atomic E-state index is 11.9. The van der Waals surface area contributed by atoms with Gasteiger partial charge >= 0.3 is 0 Å². The molecule has 1 aromatic rings. The molecule has 1 aliphatic rings. The van der Waals surface area contributed by atoms with Gasteiger partial charge in [0.15, 0.2) is 0 Å². The zero-order valence-corrected chi connectivity index (χ0v) is 10.5. The Morgan fingerprint density at radius 3 is 3.11 bits per heavy atom. The zero-order chi connectivity index (χ0) is 13.2. The number of rotatable bonds is 4. The Morgan fingerprint density at radius 1 is 1.78 bits per heavy atom. The first-order valence-corrected chi connectivity index (χ1v) is 5.99. The van der Waals surface area contributed by atoms with Gasteiger partial charge in [0.2, 0.25) is 5.91 Å². The van der Waals surface area contributed by atoms with Gasteiger partial charge in [-0.1, -0.05) is 0 Å². The number of nitrogens with zero attached hydrogens (tertiary/aromatic N) is 3. The van der Waals surface area contributed by atoms with E-state index in [1.807, 2.05) is 0 Å². The summed E-state index contributed by atoms with van der Waals surface area (Å²) in [6.07, 6.45) is 3.14. The highest BCUT2D eigenvalue weighted by Gasteiger charge is 2.39. The molecule has 1 amide bonds. The van der Waals surface area contributed by atoms with Crippen LogP contribution in [-0.4, -0.2) is 50.6 Å². The van der Waals surface area contributed by atoms with Gasteiger partial charge in [0, 0.05) is 19.6 Å². The monoisotopic (exact) mass is 254 g/mol. The summed E-state index contributed by atoms with van der Waals surface area (Å²) in [5, 5.41) is 16.9. The van der Waals surface area contributed by atoms with Crippen molar-refractivity contribution in [3.63, 3.8) is 0 Å². The smallest absolute Gasteiger partial charge is 0.244 e. The molecule has 7 nitrogen and oxygen atoms in total. The third kappa shape index (κ3) is 2.51. The fourth-order valence-electron chi connectivity index (χ4n) is 1.93.